The lowest BCUT2D eigenvalue weighted by molar-refractivity contribution is -0.131. The molecule has 1 aliphatic heterocycles. The van der Waals surface area contributed by atoms with Gasteiger partial charge < -0.3 is 15.0 Å². The Balaban J connectivity index is 2.22. The summed E-state index contributed by atoms with van der Waals surface area (Å²) >= 11 is 0. The van der Waals surface area contributed by atoms with Crippen molar-refractivity contribution in [3.63, 3.8) is 0 Å². The van der Waals surface area contributed by atoms with E-state index in [1.54, 1.807) is 4.90 Å². The van der Waals surface area contributed by atoms with Crippen LogP contribution in [0, 0.1) is 5.92 Å². The smallest absolute Gasteiger partial charge is 0.239 e. The molecule has 15 heavy (non-hydrogen) atoms. The third-order valence-corrected chi connectivity index (χ3v) is 2.96. The molecule has 1 amide bonds. The maximum absolute atomic E-state index is 11.7. The highest BCUT2D eigenvalue weighted by molar-refractivity contribution is 5.81. The van der Waals surface area contributed by atoms with E-state index in [1.807, 2.05) is 20.9 Å². The highest BCUT2D eigenvalue weighted by atomic mass is 16.5. The molecule has 2 atom stereocenters. The number of hydrogen-bond donors (Lipinski definition) is 1. The summed E-state index contributed by atoms with van der Waals surface area (Å²) in [5.41, 5.74) is 0. The van der Waals surface area contributed by atoms with Crippen molar-refractivity contribution in [2.24, 2.45) is 5.92 Å². The fourth-order valence-corrected chi connectivity index (χ4v) is 1.66. The third kappa shape index (κ3) is 3.80. The Kier molecular flexibility index (Phi) is 5.05. The molecule has 88 valence electrons. The number of nitrogens with one attached hydrogen (secondary N) is 1. The molecule has 0 spiro atoms. The summed E-state index contributed by atoms with van der Waals surface area (Å²) < 4.78 is 5.28. The molecule has 1 rings (SSSR count). The van der Waals surface area contributed by atoms with Crippen LogP contribution in [-0.4, -0.2) is 50.2 Å². The Bertz CT molecular complexity index is 203. The summed E-state index contributed by atoms with van der Waals surface area (Å²) in [6.45, 7) is 7.24. The third-order valence-electron chi connectivity index (χ3n) is 2.96. The predicted octanol–water partition coefficient (Wildman–Crippen LogP) is 0.479. The summed E-state index contributed by atoms with van der Waals surface area (Å²) in [5.74, 6) is 0.739. The fraction of sp³-hybridized carbons (Fsp3) is 0.909. The van der Waals surface area contributed by atoms with E-state index in [4.69, 9.17) is 4.74 Å². The average molecular weight is 214 g/mol. The van der Waals surface area contributed by atoms with E-state index in [-0.39, 0.29) is 11.9 Å². The van der Waals surface area contributed by atoms with E-state index in [2.05, 4.69) is 5.32 Å². The van der Waals surface area contributed by atoms with E-state index in [9.17, 15) is 4.79 Å². The monoisotopic (exact) mass is 214 g/mol. The second-order valence-electron chi connectivity index (χ2n) is 4.21. The van der Waals surface area contributed by atoms with Gasteiger partial charge in [-0.15, -0.1) is 0 Å². The van der Waals surface area contributed by atoms with Crippen molar-refractivity contribution in [3.05, 3.63) is 0 Å². The first-order chi connectivity index (χ1) is 7.15. The van der Waals surface area contributed by atoms with Gasteiger partial charge in [0.2, 0.25) is 5.91 Å². The standard InChI is InChI=1S/C11H22N2O2/c1-4-13(3)11(14)9(2)12-7-10-5-6-15-8-10/h9-10,12H,4-8H2,1-3H3. The zero-order valence-electron chi connectivity index (χ0n) is 9.95. The van der Waals surface area contributed by atoms with Crippen LogP contribution < -0.4 is 5.32 Å². The molecule has 0 bridgehead atoms. The fourth-order valence-electron chi connectivity index (χ4n) is 1.66. The van der Waals surface area contributed by atoms with Crippen LogP contribution >= 0.6 is 0 Å². The van der Waals surface area contributed by atoms with Gasteiger partial charge in [0.05, 0.1) is 12.6 Å². The molecule has 4 nitrogen and oxygen atoms in total. The Morgan fingerprint density at radius 3 is 2.93 bits per heavy atom. The van der Waals surface area contributed by atoms with Crippen molar-refractivity contribution in [3.8, 4) is 0 Å². The van der Waals surface area contributed by atoms with Gasteiger partial charge in [0, 0.05) is 26.7 Å². The van der Waals surface area contributed by atoms with Gasteiger partial charge >= 0.3 is 0 Å². The van der Waals surface area contributed by atoms with Crippen molar-refractivity contribution in [2.45, 2.75) is 26.3 Å². The molecule has 0 aliphatic carbocycles. The molecule has 0 saturated carbocycles. The van der Waals surface area contributed by atoms with Gasteiger partial charge in [-0.2, -0.15) is 0 Å². The largest absolute Gasteiger partial charge is 0.381 e. The van der Waals surface area contributed by atoms with E-state index in [0.29, 0.717) is 5.92 Å². The Labute approximate surface area is 92.0 Å². The van der Waals surface area contributed by atoms with Crippen molar-refractivity contribution < 1.29 is 9.53 Å². The zero-order valence-corrected chi connectivity index (χ0v) is 9.95. The van der Waals surface area contributed by atoms with Gasteiger partial charge in [0.1, 0.15) is 0 Å². The normalized spacial score (nSPS) is 22.7. The lowest BCUT2D eigenvalue weighted by Gasteiger charge is -2.21. The first-order valence-electron chi connectivity index (χ1n) is 5.71. The maximum Gasteiger partial charge on any atom is 0.239 e. The van der Waals surface area contributed by atoms with Crippen LogP contribution in [-0.2, 0) is 9.53 Å². The van der Waals surface area contributed by atoms with Gasteiger partial charge in [-0.25, -0.2) is 0 Å². The molecule has 0 radical (unpaired) electrons. The molecule has 4 heteroatoms. The first-order valence-corrected chi connectivity index (χ1v) is 5.71. The van der Waals surface area contributed by atoms with Crippen LogP contribution in [0.3, 0.4) is 0 Å². The number of hydrogen-bond acceptors (Lipinski definition) is 3. The minimum absolute atomic E-state index is 0.0875. The minimum atomic E-state index is -0.0875. The molecule has 1 aliphatic rings. The molecular weight excluding hydrogens is 192 g/mol. The SMILES string of the molecule is CCN(C)C(=O)C(C)NCC1CCOC1. The molecule has 0 aromatic heterocycles. The summed E-state index contributed by atoms with van der Waals surface area (Å²) in [6.07, 6.45) is 1.11. The Morgan fingerprint density at radius 2 is 2.40 bits per heavy atom. The van der Waals surface area contributed by atoms with Crippen LogP contribution in [0.1, 0.15) is 20.3 Å². The number of rotatable bonds is 5. The number of carbonyl (C=O) groups is 1. The van der Waals surface area contributed by atoms with Crippen LogP contribution in [0.25, 0.3) is 0 Å². The topological polar surface area (TPSA) is 41.6 Å². The van der Waals surface area contributed by atoms with E-state index in [1.165, 1.54) is 0 Å². The second-order valence-corrected chi connectivity index (χ2v) is 4.21. The first kappa shape index (κ1) is 12.5. The van der Waals surface area contributed by atoms with Gasteiger partial charge in [0.15, 0.2) is 0 Å². The van der Waals surface area contributed by atoms with Crippen molar-refractivity contribution in [1.82, 2.24) is 10.2 Å². The molecule has 0 aromatic rings. The van der Waals surface area contributed by atoms with Crippen LogP contribution in [0.5, 0.6) is 0 Å². The van der Waals surface area contributed by atoms with Gasteiger partial charge in [-0.3, -0.25) is 4.79 Å². The zero-order chi connectivity index (χ0) is 11.3. The molecule has 0 aromatic carbocycles. The summed E-state index contributed by atoms with van der Waals surface area (Å²) in [7, 11) is 1.83. The number of amides is 1. The van der Waals surface area contributed by atoms with Gasteiger partial charge in [0.25, 0.3) is 0 Å². The van der Waals surface area contributed by atoms with Crippen LogP contribution in [0.15, 0.2) is 0 Å². The Hall–Kier alpha value is -0.610. The van der Waals surface area contributed by atoms with Crippen molar-refractivity contribution >= 4 is 5.91 Å². The maximum atomic E-state index is 11.7. The van der Waals surface area contributed by atoms with Gasteiger partial charge in [-0.1, -0.05) is 0 Å². The molecular formula is C11H22N2O2. The predicted molar refractivity (Wildman–Crippen MR) is 59.7 cm³/mol. The summed E-state index contributed by atoms with van der Waals surface area (Å²) in [6, 6.07) is -0.0875. The second kappa shape index (κ2) is 6.08. The van der Waals surface area contributed by atoms with Gasteiger partial charge in [-0.05, 0) is 26.2 Å². The molecule has 1 fully saturated rings. The number of nitrogens with zero attached hydrogens (tertiary/aromatic N) is 1. The molecule has 1 saturated heterocycles. The lowest BCUT2D eigenvalue weighted by atomic mass is 10.1. The number of likely N-dealkylation sites (N-methyl/N-ethyl adjacent to an activating group) is 1. The quantitative estimate of drug-likeness (QED) is 0.724. The van der Waals surface area contributed by atoms with Crippen LogP contribution in [0.4, 0.5) is 0 Å². The van der Waals surface area contributed by atoms with E-state index in [0.717, 1.165) is 32.7 Å². The average Bonchev–Trinajstić information content (AvgIpc) is 2.76. The summed E-state index contributed by atoms with van der Waals surface area (Å²) in [5, 5.41) is 3.27. The number of ether oxygens (including phenoxy) is 1. The van der Waals surface area contributed by atoms with Crippen molar-refractivity contribution in [1.29, 1.82) is 0 Å². The van der Waals surface area contributed by atoms with Crippen LogP contribution in [0.2, 0.25) is 0 Å². The minimum Gasteiger partial charge on any atom is -0.381 e. The molecule has 1 heterocycles. The van der Waals surface area contributed by atoms with Crippen molar-refractivity contribution in [2.75, 3.05) is 33.4 Å². The highest BCUT2D eigenvalue weighted by Crippen LogP contribution is 2.10. The lowest BCUT2D eigenvalue weighted by Crippen LogP contribution is -2.44. The number of carbonyl (C=O) groups excluding carboxylic acids is 1. The van der Waals surface area contributed by atoms with E-state index < -0.39 is 0 Å². The van der Waals surface area contributed by atoms with E-state index >= 15 is 0 Å². The highest BCUT2D eigenvalue weighted by Gasteiger charge is 2.19. The Morgan fingerprint density at radius 1 is 1.67 bits per heavy atom. The summed E-state index contributed by atoms with van der Waals surface area (Å²) in [4.78, 5) is 13.4. The molecule has 1 N–H and O–H groups in total. The molecule has 2 unspecified atom stereocenters.